The maximum Gasteiger partial charge on any atom is 0.238 e. The van der Waals surface area contributed by atoms with E-state index in [-0.39, 0.29) is 10.8 Å². The molecule has 0 bridgehead atoms. The molecule has 6 nitrogen and oxygen atoms in total. The summed E-state index contributed by atoms with van der Waals surface area (Å²) in [6.07, 6.45) is 1.83. The molecule has 1 aromatic rings. The molecule has 0 aromatic heterocycles. The molecule has 1 atom stereocenters. The molecule has 1 amide bonds. The highest BCUT2D eigenvalue weighted by Gasteiger charge is 2.12. The zero-order chi connectivity index (χ0) is 16.0. The second-order valence-electron chi connectivity index (χ2n) is 4.99. The number of benzene rings is 1. The predicted molar refractivity (Wildman–Crippen MR) is 81.0 cm³/mol. The topological polar surface area (TPSA) is 89.7 Å². The van der Waals surface area contributed by atoms with Crippen LogP contribution >= 0.6 is 0 Å². The second-order valence-corrected chi connectivity index (χ2v) is 7.01. The number of sulfone groups is 1. The van der Waals surface area contributed by atoms with Crippen molar-refractivity contribution < 1.29 is 17.9 Å². The van der Waals surface area contributed by atoms with E-state index in [1.165, 1.54) is 12.1 Å². The van der Waals surface area contributed by atoms with Crippen molar-refractivity contribution in [3.63, 3.8) is 0 Å². The van der Waals surface area contributed by atoms with Crippen molar-refractivity contribution in [1.29, 1.82) is 0 Å². The number of carbonyl (C=O) groups is 1. The van der Waals surface area contributed by atoms with E-state index in [4.69, 9.17) is 10.5 Å². The summed E-state index contributed by atoms with van der Waals surface area (Å²) in [5, 5.41) is 0. The molecular weight excluding hydrogens is 292 g/mol. The summed E-state index contributed by atoms with van der Waals surface area (Å²) in [5.41, 5.74) is 5.51. The maximum atomic E-state index is 11.5. The Kier molecular flexibility index (Phi) is 6.17. The fourth-order valence-electron chi connectivity index (χ4n) is 1.73. The average Bonchev–Trinajstić information content (AvgIpc) is 2.42. The summed E-state index contributed by atoms with van der Waals surface area (Å²) in [5.74, 6) is 0.496. The molecular formula is C14H22N2O4S. The van der Waals surface area contributed by atoms with Crippen molar-refractivity contribution in [3.8, 4) is 5.75 Å². The number of likely N-dealkylation sites (N-methyl/N-ethyl adjacent to an activating group) is 1. The van der Waals surface area contributed by atoms with Crippen LogP contribution in [0.1, 0.15) is 13.3 Å². The molecule has 2 N–H and O–H groups in total. The molecule has 0 unspecified atom stereocenters. The van der Waals surface area contributed by atoms with Crippen LogP contribution in [0.4, 0.5) is 0 Å². The Bertz CT molecular complexity index is 567. The molecule has 21 heavy (non-hydrogen) atoms. The molecule has 7 heteroatoms. The predicted octanol–water partition coefficient (Wildman–Crippen LogP) is 0.665. The monoisotopic (exact) mass is 314 g/mol. The van der Waals surface area contributed by atoms with E-state index in [2.05, 4.69) is 0 Å². The smallest absolute Gasteiger partial charge is 0.238 e. The largest absolute Gasteiger partial charge is 0.494 e. The lowest BCUT2D eigenvalue weighted by Crippen LogP contribution is -2.40. The summed E-state index contributed by atoms with van der Waals surface area (Å²) in [6.45, 7) is 2.65. The van der Waals surface area contributed by atoms with Crippen LogP contribution in [0.2, 0.25) is 0 Å². The van der Waals surface area contributed by atoms with E-state index >= 15 is 0 Å². The van der Waals surface area contributed by atoms with E-state index in [1.54, 1.807) is 31.0 Å². The minimum absolute atomic E-state index is 0.104. The van der Waals surface area contributed by atoms with Crippen LogP contribution in [0.25, 0.3) is 0 Å². The summed E-state index contributed by atoms with van der Waals surface area (Å²) >= 11 is 0. The highest BCUT2D eigenvalue weighted by molar-refractivity contribution is 7.90. The Balaban J connectivity index is 2.38. The Hall–Kier alpha value is -1.60. The molecule has 0 spiro atoms. The molecule has 1 rings (SSSR count). The van der Waals surface area contributed by atoms with Crippen LogP contribution in [0.15, 0.2) is 29.2 Å². The lowest BCUT2D eigenvalue weighted by atomic mass is 10.3. The standard InChI is InChI=1S/C14H22N2O4S/c1-11(15)14(17)16(2)9-4-10-20-12-5-7-13(8-6-12)21(3,18)19/h5-8,11H,4,9-10,15H2,1-3H3/t11-/m0/s1. The Morgan fingerprint density at radius 1 is 1.33 bits per heavy atom. The number of hydrogen-bond acceptors (Lipinski definition) is 5. The highest BCUT2D eigenvalue weighted by Crippen LogP contribution is 2.15. The van der Waals surface area contributed by atoms with E-state index in [0.29, 0.717) is 25.3 Å². The third kappa shape index (κ3) is 5.73. The van der Waals surface area contributed by atoms with Gasteiger partial charge in [-0.1, -0.05) is 0 Å². The van der Waals surface area contributed by atoms with Crippen molar-refractivity contribution in [2.24, 2.45) is 5.73 Å². The Morgan fingerprint density at radius 2 is 1.90 bits per heavy atom. The van der Waals surface area contributed by atoms with Gasteiger partial charge < -0.3 is 15.4 Å². The number of nitrogens with zero attached hydrogens (tertiary/aromatic N) is 1. The van der Waals surface area contributed by atoms with Crippen LogP contribution in [-0.4, -0.2) is 51.7 Å². The van der Waals surface area contributed by atoms with Gasteiger partial charge in [-0.25, -0.2) is 8.42 Å². The number of amides is 1. The van der Waals surface area contributed by atoms with Crippen LogP contribution in [0, 0.1) is 0 Å². The molecule has 0 saturated carbocycles. The van der Waals surface area contributed by atoms with Gasteiger partial charge in [0.05, 0.1) is 17.5 Å². The molecule has 118 valence electrons. The third-order valence-corrected chi connectivity index (χ3v) is 4.05. The van der Waals surface area contributed by atoms with Gasteiger partial charge in [0.25, 0.3) is 0 Å². The molecule has 0 aliphatic heterocycles. The first kappa shape index (κ1) is 17.5. The third-order valence-electron chi connectivity index (χ3n) is 2.92. The van der Waals surface area contributed by atoms with Crippen molar-refractivity contribution in [1.82, 2.24) is 4.90 Å². The summed E-state index contributed by atoms with van der Waals surface area (Å²) in [4.78, 5) is 13.4. The fourth-order valence-corrected chi connectivity index (χ4v) is 2.36. The normalized spacial score (nSPS) is 12.8. The number of hydrogen-bond donors (Lipinski definition) is 1. The van der Waals surface area contributed by atoms with Crippen molar-refractivity contribution >= 4 is 15.7 Å². The van der Waals surface area contributed by atoms with Crippen LogP contribution in [0.5, 0.6) is 5.75 Å². The quantitative estimate of drug-likeness (QED) is 0.747. The lowest BCUT2D eigenvalue weighted by Gasteiger charge is -2.19. The first-order chi connectivity index (χ1) is 9.71. The molecule has 0 radical (unpaired) electrons. The van der Waals surface area contributed by atoms with Gasteiger partial charge in [-0.3, -0.25) is 4.79 Å². The lowest BCUT2D eigenvalue weighted by molar-refractivity contribution is -0.130. The van der Waals surface area contributed by atoms with Crippen LogP contribution < -0.4 is 10.5 Å². The van der Waals surface area contributed by atoms with Crippen molar-refractivity contribution in [3.05, 3.63) is 24.3 Å². The SMILES string of the molecule is C[C@H](N)C(=O)N(C)CCCOc1ccc(S(C)(=O)=O)cc1. The number of nitrogens with two attached hydrogens (primary N) is 1. The van der Waals surface area contributed by atoms with Gasteiger partial charge in [0.15, 0.2) is 9.84 Å². The Labute approximate surface area is 125 Å². The van der Waals surface area contributed by atoms with Crippen LogP contribution in [0.3, 0.4) is 0 Å². The van der Waals surface area contributed by atoms with Gasteiger partial charge in [0.2, 0.25) is 5.91 Å². The number of rotatable bonds is 7. The zero-order valence-corrected chi connectivity index (χ0v) is 13.4. The first-order valence-electron chi connectivity index (χ1n) is 6.65. The van der Waals surface area contributed by atoms with E-state index in [9.17, 15) is 13.2 Å². The van der Waals surface area contributed by atoms with Gasteiger partial charge >= 0.3 is 0 Å². The van der Waals surface area contributed by atoms with Crippen molar-refractivity contribution in [2.75, 3.05) is 26.5 Å². The van der Waals surface area contributed by atoms with Crippen LogP contribution in [-0.2, 0) is 14.6 Å². The van der Waals surface area contributed by atoms with E-state index < -0.39 is 15.9 Å². The zero-order valence-electron chi connectivity index (χ0n) is 12.6. The van der Waals surface area contributed by atoms with E-state index in [0.717, 1.165) is 6.26 Å². The molecule has 0 aliphatic carbocycles. The summed E-state index contributed by atoms with van der Waals surface area (Å²) in [7, 11) is -1.48. The maximum absolute atomic E-state index is 11.5. The molecule has 0 fully saturated rings. The minimum Gasteiger partial charge on any atom is -0.494 e. The number of carbonyl (C=O) groups excluding carboxylic acids is 1. The fraction of sp³-hybridized carbons (Fsp3) is 0.500. The first-order valence-corrected chi connectivity index (χ1v) is 8.54. The molecule has 0 aliphatic rings. The minimum atomic E-state index is -3.19. The Morgan fingerprint density at radius 3 is 2.38 bits per heavy atom. The van der Waals surface area contributed by atoms with Gasteiger partial charge in [0.1, 0.15) is 5.75 Å². The van der Waals surface area contributed by atoms with Gasteiger partial charge in [-0.2, -0.15) is 0 Å². The van der Waals surface area contributed by atoms with E-state index in [1.807, 2.05) is 0 Å². The highest BCUT2D eigenvalue weighted by atomic mass is 32.2. The van der Waals surface area contributed by atoms with Gasteiger partial charge in [-0.15, -0.1) is 0 Å². The summed E-state index contributed by atoms with van der Waals surface area (Å²) in [6, 6.07) is 5.76. The molecule has 1 aromatic carbocycles. The average molecular weight is 314 g/mol. The van der Waals surface area contributed by atoms with Gasteiger partial charge in [-0.05, 0) is 37.6 Å². The number of ether oxygens (including phenoxy) is 1. The van der Waals surface area contributed by atoms with Gasteiger partial charge in [0, 0.05) is 19.8 Å². The summed E-state index contributed by atoms with van der Waals surface area (Å²) < 4.78 is 28.1. The molecule has 0 saturated heterocycles. The molecule has 0 heterocycles. The van der Waals surface area contributed by atoms with Crippen molar-refractivity contribution in [2.45, 2.75) is 24.3 Å². The second kappa shape index (κ2) is 7.42.